The van der Waals surface area contributed by atoms with Crippen molar-refractivity contribution in [2.45, 2.75) is 6.61 Å². The van der Waals surface area contributed by atoms with Gasteiger partial charge < -0.3 is 14.5 Å². The van der Waals surface area contributed by atoms with Crippen LogP contribution in [0.5, 0.6) is 5.75 Å². The van der Waals surface area contributed by atoms with Crippen molar-refractivity contribution in [3.63, 3.8) is 0 Å². The summed E-state index contributed by atoms with van der Waals surface area (Å²) < 4.78 is 11.5. The number of hydrogen-bond donors (Lipinski definition) is 2. The summed E-state index contributed by atoms with van der Waals surface area (Å²) in [5.41, 5.74) is 3.77. The van der Waals surface area contributed by atoms with E-state index in [0.29, 0.717) is 51.3 Å². The van der Waals surface area contributed by atoms with Crippen LogP contribution in [0.25, 0.3) is 22.7 Å². The van der Waals surface area contributed by atoms with Crippen LogP contribution in [0.2, 0.25) is 5.02 Å². The Morgan fingerprint density at radius 3 is 2.58 bits per heavy atom. The first-order chi connectivity index (χ1) is 17.5. The third-order valence-corrected chi connectivity index (χ3v) is 5.75. The minimum Gasteiger partial charge on any atom is -0.489 e. The summed E-state index contributed by atoms with van der Waals surface area (Å²) in [5, 5.41) is 6.15. The van der Waals surface area contributed by atoms with Crippen molar-refractivity contribution in [2.75, 3.05) is 5.32 Å². The van der Waals surface area contributed by atoms with Crippen LogP contribution in [0.15, 0.2) is 95.5 Å². The van der Waals surface area contributed by atoms with Gasteiger partial charge in [-0.25, -0.2) is 4.98 Å². The molecule has 2 N–H and O–H groups in total. The Morgan fingerprint density at radius 2 is 1.81 bits per heavy atom. The number of carbonyl (C=O) groups is 1. The van der Waals surface area contributed by atoms with Gasteiger partial charge in [-0.1, -0.05) is 41.9 Å². The van der Waals surface area contributed by atoms with E-state index in [2.05, 4.69) is 20.6 Å². The Kier molecular flexibility index (Phi) is 6.88. The summed E-state index contributed by atoms with van der Waals surface area (Å²) in [6.07, 6.45) is 1.65. The van der Waals surface area contributed by atoms with Crippen molar-refractivity contribution in [3.8, 4) is 17.2 Å². The summed E-state index contributed by atoms with van der Waals surface area (Å²) >= 11 is 11.7. The lowest BCUT2D eigenvalue weighted by Crippen LogP contribution is -2.34. The van der Waals surface area contributed by atoms with Crippen molar-refractivity contribution in [1.82, 2.24) is 15.3 Å². The number of benzene rings is 3. The van der Waals surface area contributed by atoms with Crippen LogP contribution in [0, 0.1) is 0 Å². The van der Waals surface area contributed by atoms with Crippen LogP contribution in [-0.4, -0.2) is 21.0 Å². The van der Waals surface area contributed by atoms with Gasteiger partial charge in [-0.15, -0.1) is 0 Å². The van der Waals surface area contributed by atoms with Gasteiger partial charge >= 0.3 is 0 Å². The molecule has 0 aliphatic rings. The summed E-state index contributed by atoms with van der Waals surface area (Å²) in [5.74, 6) is 0.696. The number of halogens is 1. The first kappa shape index (κ1) is 23.5. The summed E-state index contributed by atoms with van der Waals surface area (Å²) in [6, 6.07) is 25.5. The molecule has 7 nitrogen and oxygen atoms in total. The number of aromatic nitrogens is 2. The molecule has 0 aliphatic heterocycles. The number of hydrogen-bond acceptors (Lipinski definition) is 6. The van der Waals surface area contributed by atoms with Crippen LogP contribution in [0.4, 0.5) is 5.69 Å². The number of rotatable bonds is 6. The van der Waals surface area contributed by atoms with E-state index in [4.69, 9.17) is 33.0 Å². The molecule has 9 heteroatoms. The molecule has 2 aromatic heterocycles. The second-order valence-corrected chi connectivity index (χ2v) is 8.56. The lowest BCUT2D eigenvalue weighted by molar-refractivity contribution is 0.0977. The zero-order chi connectivity index (χ0) is 24.9. The van der Waals surface area contributed by atoms with E-state index >= 15 is 0 Å². The quantitative estimate of drug-likeness (QED) is 0.259. The second-order valence-electron chi connectivity index (χ2n) is 7.75. The third kappa shape index (κ3) is 5.51. The van der Waals surface area contributed by atoms with Gasteiger partial charge in [0.1, 0.15) is 12.4 Å². The van der Waals surface area contributed by atoms with Gasteiger partial charge in [-0.2, -0.15) is 4.98 Å². The molecule has 0 atom stereocenters. The maximum atomic E-state index is 12.7. The molecular weight excluding hydrogens is 496 g/mol. The predicted molar refractivity (Wildman–Crippen MR) is 143 cm³/mol. The van der Waals surface area contributed by atoms with Crippen LogP contribution in [-0.2, 0) is 6.61 Å². The Labute approximate surface area is 217 Å². The summed E-state index contributed by atoms with van der Waals surface area (Å²) in [7, 11) is 0. The van der Waals surface area contributed by atoms with Gasteiger partial charge in [0.2, 0.25) is 5.89 Å². The zero-order valence-corrected chi connectivity index (χ0v) is 20.3. The minimum atomic E-state index is -0.362. The number of ether oxygens (including phenoxy) is 1. The lowest BCUT2D eigenvalue weighted by atomic mass is 10.2. The Morgan fingerprint density at radius 1 is 1.00 bits per heavy atom. The van der Waals surface area contributed by atoms with E-state index in [1.165, 1.54) is 0 Å². The van der Waals surface area contributed by atoms with Crippen LogP contribution >= 0.6 is 23.8 Å². The maximum absolute atomic E-state index is 12.7. The van der Waals surface area contributed by atoms with Gasteiger partial charge in [0.25, 0.3) is 5.91 Å². The largest absolute Gasteiger partial charge is 0.489 e. The molecule has 3 aromatic carbocycles. The van der Waals surface area contributed by atoms with Crippen LogP contribution in [0.3, 0.4) is 0 Å². The molecule has 2 heterocycles. The molecular formula is C27H19ClN4O3S. The number of fused-ring (bicyclic) bond motifs is 1. The molecule has 0 saturated heterocycles. The smallest absolute Gasteiger partial charge is 0.257 e. The molecule has 178 valence electrons. The number of pyridine rings is 1. The monoisotopic (exact) mass is 514 g/mol. The van der Waals surface area contributed by atoms with Crippen LogP contribution in [0.1, 0.15) is 15.9 Å². The molecule has 1 amide bonds. The predicted octanol–water partition coefficient (Wildman–Crippen LogP) is 6.25. The highest BCUT2D eigenvalue weighted by molar-refractivity contribution is 7.80. The highest BCUT2D eigenvalue weighted by Crippen LogP contribution is 2.30. The van der Waals surface area contributed by atoms with E-state index in [-0.39, 0.29) is 11.0 Å². The van der Waals surface area contributed by atoms with Crippen molar-refractivity contribution in [1.29, 1.82) is 0 Å². The average Bonchev–Trinajstić information content (AvgIpc) is 3.34. The Balaban J connectivity index is 1.21. The van der Waals surface area contributed by atoms with Crippen molar-refractivity contribution >= 4 is 51.8 Å². The first-order valence-electron chi connectivity index (χ1n) is 11.0. The van der Waals surface area contributed by atoms with E-state index in [0.717, 1.165) is 5.56 Å². The number of anilines is 1. The van der Waals surface area contributed by atoms with Crippen molar-refractivity contribution in [3.05, 3.63) is 107 Å². The van der Waals surface area contributed by atoms with E-state index in [1.54, 1.807) is 60.8 Å². The molecule has 36 heavy (non-hydrogen) atoms. The molecule has 0 bridgehead atoms. The van der Waals surface area contributed by atoms with E-state index in [1.807, 2.05) is 30.3 Å². The molecule has 0 aliphatic carbocycles. The Bertz CT molecular complexity index is 1510. The normalized spacial score (nSPS) is 10.7. The van der Waals surface area contributed by atoms with Gasteiger partial charge in [0.05, 0.1) is 10.7 Å². The molecule has 0 fully saturated rings. The van der Waals surface area contributed by atoms with E-state index < -0.39 is 0 Å². The molecule has 0 spiro atoms. The van der Waals surface area contributed by atoms with E-state index in [9.17, 15) is 4.79 Å². The highest BCUT2D eigenvalue weighted by atomic mass is 35.5. The number of oxazole rings is 1. The molecule has 0 unspecified atom stereocenters. The number of amides is 1. The number of nitrogens with one attached hydrogen (secondary N) is 2. The fourth-order valence-electron chi connectivity index (χ4n) is 3.42. The van der Waals surface area contributed by atoms with Gasteiger partial charge in [0, 0.05) is 17.3 Å². The van der Waals surface area contributed by atoms with Gasteiger partial charge in [-0.05, 0) is 72.4 Å². The molecule has 0 saturated carbocycles. The lowest BCUT2D eigenvalue weighted by Gasteiger charge is -2.12. The number of carbonyl (C=O) groups excluding carboxylic acids is 1. The fraction of sp³-hybridized carbons (Fsp3) is 0.0370. The average molecular weight is 515 g/mol. The minimum absolute atomic E-state index is 0.0997. The standard InChI is InChI=1S/C27H19ClN4O3S/c28-21-13-10-19(26-31-24-23(35-26)7-4-14-29-24)15-22(21)30-27(36)32-25(33)18-8-11-20(12-9-18)34-16-17-5-2-1-3-6-17/h1-15H,16H2,(H2,30,32,33,36). The number of thiocarbonyl (C=S) groups is 1. The highest BCUT2D eigenvalue weighted by Gasteiger charge is 2.13. The SMILES string of the molecule is O=C(NC(=S)Nc1cc(-c2nc3ncccc3o2)ccc1Cl)c1ccc(OCc2ccccc2)cc1. The van der Waals surface area contributed by atoms with Crippen molar-refractivity contribution in [2.24, 2.45) is 0 Å². The molecule has 5 rings (SSSR count). The first-order valence-corrected chi connectivity index (χ1v) is 11.7. The van der Waals surface area contributed by atoms with Crippen LogP contribution < -0.4 is 15.4 Å². The summed E-state index contributed by atoms with van der Waals surface area (Å²) in [4.78, 5) is 21.2. The second kappa shape index (κ2) is 10.6. The topological polar surface area (TPSA) is 89.3 Å². The zero-order valence-electron chi connectivity index (χ0n) is 18.8. The molecule has 0 radical (unpaired) electrons. The third-order valence-electron chi connectivity index (χ3n) is 5.22. The fourth-order valence-corrected chi connectivity index (χ4v) is 3.79. The maximum Gasteiger partial charge on any atom is 0.257 e. The van der Waals surface area contributed by atoms with Gasteiger partial charge in [-0.3, -0.25) is 10.1 Å². The Hall–Kier alpha value is -4.27. The van der Waals surface area contributed by atoms with Crippen molar-refractivity contribution < 1.29 is 13.9 Å². The molecule has 5 aromatic rings. The van der Waals surface area contributed by atoms with Gasteiger partial charge in [0.15, 0.2) is 16.3 Å². The number of nitrogens with zero attached hydrogens (tertiary/aromatic N) is 2. The summed E-state index contributed by atoms with van der Waals surface area (Å²) in [6.45, 7) is 0.445.